The molecule has 0 aromatic carbocycles. The maximum atomic E-state index is 5.77. The third kappa shape index (κ3) is 2.87. The van der Waals surface area contributed by atoms with Gasteiger partial charge in [-0.1, -0.05) is 5.16 Å². The fourth-order valence-corrected chi connectivity index (χ4v) is 2.98. The van der Waals surface area contributed by atoms with Crippen LogP contribution < -0.4 is 0 Å². The first-order chi connectivity index (χ1) is 11.3. The van der Waals surface area contributed by atoms with Crippen LogP contribution in [-0.2, 0) is 6.54 Å². The summed E-state index contributed by atoms with van der Waals surface area (Å²) >= 11 is 0. The van der Waals surface area contributed by atoms with E-state index in [1.807, 2.05) is 25.1 Å². The lowest BCUT2D eigenvalue weighted by Gasteiger charge is -2.19. The molecule has 1 unspecified atom stereocenters. The molecule has 1 aliphatic heterocycles. The van der Waals surface area contributed by atoms with Crippen LogP contribution in [0.15, 0.2) is 39.5 Å². The predicted octanol–water partition coefficient (Wildman–Crippen LogP) is 2.77. The van der Waals surface area contributed by atoms with E-state index in [-0.39, 0.29) is 6.04 Å². The zero-order valence-electron chi connectivity index (χ0n) is 12.8. The molecule has 3 aromatic heterocycles. The van der Waals surface area contributed by atoms with E-state index in [2.05, 4.69) is 25.2 Å². The molecule has 0 N–H and O–H groups in total. The molecule has 7 nitrogen and oxygen atoms in total. The van der Waals surface area contributed by atoms with Gasteiger partial charge < -0.3 is 8.94 Å². The Morgan fingerprint density at radius 3 is 3.09 bits per heavy atom. The Hall–Kier alpha value is -2.54. The third-order valence-electron chi connectivity index (χ3n) is 4.05. The monoisotopic (exact) mass is 311 g/mol. The minimum absolute atomic E-state index is 0.227. The first-order valence-corrected chi connectivity index (χ1v) is 7.69. The van der Waals surface area contributed by atoms with Gasteiger partial charge in [-0.2, -0.15) is 0 Å². The van der Waals surface area contributed by atoms with E-state index in [9.17, 15) is 0 Å². The lowest BCUT2D eigenvalue weighted by molar-refractivity contribution is 0.190. The second-order valence-corrected chi connectivity index (χ2v) is 5.74. The Morgan fingerprint density at radius 2 is 2.30 bits per heavy atom. The van der Waals surface area contributed by atoms with Gasteiger partial charge in [-0.05, 0) is 38.4 Å². The molecular formula is C16H17N5O2. The Balaban J connectivity index is 1.50. The van der Waals surface area contributed by atoms with Gasteiger partial charge in [0.25, 0.3) is 0 Å². The average molecular weight is 311 g/mol. The van der Waals surface area contributed by atoms with Crippen molar-refractivity contribution in [3.8, 4) is 11.5 Å². The van der Waals surface area contributed by atoms with Crippen LogP contribution in [-0.4, -0.2) is 31.8 Å². The lowest BCUT2D eigenvalue weighted by Crippen LogP contribution is -2.22. The van der Waals surface area contributed by atoms with Crippen LogP contribution in [0.1, 0.15) is 36.2 Å². The van der Waals surface area contributed by atoms with Gasteiger partial charge in [0.1, 0.15) is 0 Å². The van der Waals surface area contributed by atoms with Crippen LogP contribution in [0.2, 0.25) is 0 Å². The summed E-state index contributed by atoms with van der Waals surface area (Å²) in [5, 5.41) is 12.3. The van der Waals surface area contributed by atoms with Gasteiger partial charge >= 0.3 is 0 Å². The topological polar surface area (TPSA) is 81.1 Å². The highest BCUT2D eigenvalue weighted by atomic mass is 16.5. The minimum Gasteiger partial charge on any atom is -0.419 e. The van der Waals surface area contributed by atoms with E-state index >= 15 is 0 Å². The molecule has 0 spiro atoms. The molecule has 0 aliphatic carbocycles. The van der Waals surface area contributed by atoms with Crippen LogP contribution in [0.25, 0.3) is 11.5 Å². The van der Waals surface area contributed by atoms with Gasteiger partial charge in [0.2, 0.25) is 11.8 Å². The first-order valence-electron chi connectivity index (χ1n) is 7.69. The third-order valence-corrected chi connectivity index (χ3v) is 4.05. The summed E-state index contributed by atoms with van der Waals surface area (Å²) in [6.45, 7) is 3.52. The second kappa shape index (κ2) is 5.92. The van der Waals surface area contributed by atoms with Crippen LogP contribution in [0.3, 0.4) is 0 Å². The predicted molar refractivity (Wildman–Crippen MR) is 81.2 cm³/mol. The number of aryl methyl sites for hydroxylation is 1. The van der Waals surface area contributed by atoms with E-state index in [4.69, 9.17) is 8.94 Å². The molecule has 0 saturated carbocycles. The van der Waals surface area contributed by atoms with E-state index in [1.165, 1.54) is 0 Å². The average Bonchev–Trinajstić information content (AvgIpc) is 3.29. The molecule has 1 fully saturated rings. The highest BCUT2D eigenvalue weighted by Crippen LogP contribution is 2.33. The van der Waals surface area contributed by atoms with Crippen LogP contribution in [0, 0.1) is 6.92 Å². The molecule has 4 heterocycles. The normalized spacial score (nSPS) is 18.6. The molecule has 0 amide bonds. The maximum absolute atomic E-state index is 5.77. The fourth-order valence-electron chi connectivity index (χ4n) is 2.98. The quantitative estimate of drug-likeness (QED) is 0.732. The van der Waals surface area contributed by atoms with Crippen molar-refractivity contribution >= 4 is 0 Å². The Labute approximate surface area is 133 Å². The summed E-state index contributed by atoms with van der Waals surface area (Å²) < 4.78 is 11.2. The van der Waals surface area contributed by atoms with Crippen molar-refractivity contribution in [3.05, 3.63) is 47.9 Å². The Kier molecular flexibility index (Phi) is 3.63. The van der Waals surface area contributed by atoms with Crippen molar-refractivity contribution in [2.75, 3.05) is 6.54 Å². The van der Waals surface area contributed by atoms with Crippen LogP contribution >= 0.6 is 0 Å². The summed E-state index contributed by atoms with van der Waals surface area (Å²) in [7, 11) is 0. The molecule has 3 aromatic rings. The van der Waals surface area contributed by atoms with E-state index in [1.54, 1.807) is 12.4 Å². The standard InChI is InChI=1S/C16H17N5O2/c1-11-8-14(23-20-11)13-5-3-7-21(13)10-15-18-19-16(22-15)12-4-2-6-17-9-12/h2,4,6,8-9,13H,3,5,7,10H2,1H3. The Bertz CT molecular complexity index is 783. The molecule has 7 heteroatoms. The number of likely N-dealkylation sites (tertiary alicyclic amines) is 1. The number of rotatable bonds is 4. The summed E-state index contributed by atoms with van der Waals surface area (Å²) in [5.41, 5.74) is 1.73. The van der Waals surface area contributed by atoms with Gasteiger partial charge in [-0.15, -0.1) is 10.2 Å². The smallest absolute Gasteiger partial charge is 0.249 e. The number of nitrogens with zero attached hydrogens (tertiary/aromatic N) is 5. The van der Waals surface area contributed by atoms with Crippen molar-refractivity contribution in [1.82, 2.24) is 25.2 Å². The zero-order valence-corrected chi connectivity index (χ0v) is 12.8. The molecule has 1 atom stereocenters. The largest absolute Gasteiger partial charge is 0.419 e. The molecule has 4 rings (SSSR count). The Morgan fingerprint density at radius 1 is 1.35 bits per heavy atom. The molecular weight excluding hydrogens is 294 g/mol. The van der Waals surface area contributed by atoms with Crippen LogP contribution in [0.4, 0.5) is 0 Å². The summed E-state index contributed by atoms with van der Waals surface area (Å²) in [5.74, 6) is 2.01. The lowest BCUT2D eigenvalue weighted by atomic mass is 10.1. The number of hydrogen-bond donors (Lipinski definition) is 0. The van der Waals surface area contributed by atoms with Crippen molar-refractivity contribution in [2.24, 2.45) is 0 Å². The van der Waals surface area contributed by atoms with Gasteiger partial charge in [-0.3, -0.25) is 9.88 Å². The van der Waals surface area contributed by atoms with E-state index < -0.39 is 0 Å². The molecule has 1 saturated heterocycles. The molecule has 23 heavy (non-hydrogen) atoms. The van der Waals surface area contributed by atoms with Gasteiger partial charge in [0.15, 0.2) is 5.76 Å². The van der Waals surface area contributed by atoms with E-state index in [0.29, 0.717) is 18.3 Å². The van der Waals surface area contributed by atoms with Crippen molar-refractivity contribution < 1.29 is 8.94 Å². The zero-order chi connectivity index (χ0) is 15.6. The van der Waals surface area contributed by atoms with Crippen molar-refractivity contribution in [2.45, 2.75) is 32.4 Å². The van der Waals surface area contributed by atoms with Gasteiger partial charge in [-0.25, -0.2) is 0 Å². The highest BCUT2D eigenvalue weighted by Gasteiger charge is 2.30. The number of aromatic nitrogens is 4. The fraction of sp³-hybridized carbons (Fsp3) is 0.375. The SMILES string of the molecule is Cc1cc(C2CCCN2Cc2nnc(-c3cccnc3)o2)on1. The molecule has 0 bridgehead atoms. The first kappa shape index (κ1) is 14.1. The molecule has 118 valence electrons. The molecule has 0 radical (unpaired) electrons. The summed E-state index contributed by atoms with van der Waals surface area (Å²) in [4.78, 5) is 6.36. The minimum atomic E-state index is 0.227. The second-order valence-electron chi connectivity index (χ2n) is 5.74. The molecule has 1 aliphatic rings. The number of pyridine rings is 1. The van der Waals surface area contributed by atoms with Gasteiger partial charge in [0.05, 0.1) is 23.8 Å². The van der Waals surface area contributed by atoms with Crippen molar-refractivity contribution in [1.29, 1.82) is 0 Å². The van der Waals surface area contributed by atoms with Gasteiger partial charge in [0, 0.05) is 18.5 Å². The van der Waals surface area contributed by atoms with Crippen molar-refractivity contribution in [3.63, 3.8) is 0 Å². The van der Waals surface area contributed by atoms with E-state index in [0.717, 1.165) is 36.4 Å². The summed E-state index contributed by atoms with van der Waals surface area (Å²) in [6, 6.07) is 5.98. The maximum Gasteiger partial charge on any atom is 0.249 e. The number of hydrogen-bond acceptors (Lipinski definition) is 7. The van der Waals surface area contributed by atoms with Crippen LogP contribution in [0.5, 0.6) is 0 Å². The summed E-state index contributed by atoms with van der Waals surface area (Å²) in [6.07, 6.45) is 5.61. The highest BCUT2D eigenvalue weighted by molar-refractivity contribution is 5.49.